The van der Waals surface area contributed by atoms with Crippen LogP contribution in [0.2, 0.25) is 0 Å². The van der Waals surface area contributed by atoms with Gasteiger partial charge in [-0.15, -0.1) is 0 Å². The topological polar surface area (TPSA) is 95.8 Å². The van der Waals surface area contributed by atoms with Crippen LogP contribution in [-0.2, 0) is 25.7 Å². The van der Waals surface area contributed by atoms with Crippen LogP contribution in [0.1, 0.15) is 125 Å². The molecule has 0 fully saturated rings. The molecular formula is C48H60O8. The van der Waals surface area contributed by atoms with Gasteiger partial charge in [0, 0.05) is 46.2 Å². The first-order valence-electron chi connectivity index (χ1n) is 20.8. The summed E-state index contributed by atoms with van der Waals surface area (Å²) in [5.41, 5.74) is 6.38. The number of phenolic OH excluding ortho intramolecular Hbond substituents is 2. The lowest BCUT2D eigenvalue weighted by Gasteiger charge is -2.35. The molecule has 0 amide bonds. The Kier molecular flexibility index (Phi) is 11.8. The van der Waals surface area contributed by atoms with Crippen molar-refractivity contribution < 1.29 is 38.6 Å². The second-order valence-corrected chi connectivity index (χ2v) is 17.1. The predicted molar refractivity (Wildman–Crippen MR) is 220 cm³/mol. The van der Waals surface area contributed by atoms with Crippen LogP contribution in [0.3, 0.4) is 0 Å². The minimum atomic E-state index is -0.120. The molecule has 2 atom stereocenters. The van der Waals surface area contributed by atoms with Crippen molar-refractivity contribution in [3.63, 3.8) is 0 Å². The number of aromatic hydroxyl groups is 2. The fourth-order valence-corrected chi connectivity index (χ4v) is 8.21. The highest BCUT2D eigenvalue weighted by Gasteiger charge is 2.34. The van der Waals surface area contributed by atoms with Crippen molar-refractivity contribution in [2.24, 2.45) is 0 Å². The average molecular weight is 765 g/mol. The maximum Gasteiger partial charge on any atom is 0.129 e. The van der Waals surface area contributed by atoms with Crippen LogP contribution in [0.15, 0.2) is 60.7 Å². The lowest BCUT2D eigenvalue weighted by atomic mass is 9.86. The predicted octanol–water partition coefficient (Wildman–Crippen LogP) is 10.8. The Balaban J connectivity index is 0.000000172. The van der Waals surface area contributed by atoms with Gasteiger partial charge in [-0.05, 0) is 114 Å². The molecule has 0 radical (unpaired) electrons. The highest BCUT2D eigenvalue weighted by Crippen LogP contribution is 2.47. The van der Waals surface area contributed by atoms with Crippen LogP contribution in [0.4, 0.5) is 0 Å². The van der Waals surface area contributed by atoms with Gasteiger partial charge in [0.05, 0.1) is 26.4 Å². The normalized spacial score (nSPS) is 19.8. The fraction of sp³-hybridized carbons (Fsp3) is 0.500. The molecule has 8 nitrogen and oxygen atoms in total. The summed E-state index contributed by atoms with van der Waals surface area (Å²) in [6, 6.07) is 19.7. The summed E-state index contributed by atoms with van der Waals surface area (Å²) in [5, 5.41) is 21.1. The van der Waals surface area contributed by atoms with Gasteiger partial charge in [-0.25, -0.2) is 0 Å². The number of ether oxygens (including phenoxy) is 6. The molecule has 2 N–H and O–H groups in total. The lowest BCUT2D eigenvalue weighted by molar-refractivity contribution is 0.0822. The van der Waals surface area contributed by atoms with Crippen molar-refractivity contribution in [2.75, 3.05) is 26.4 Å². The van der Waals surface area contributed by atoms with Crippen molar-refractivity contribution in [3.05, 3.63) is 94.0 Å². The van der Waals surface area contributed by atoms with E-state index in [4.69, 9.17) is 28.4 Å². The average Bonchev–Trinajstić information content (AvgIpc) is 3.17. The smallest absolute Gasteiger partial charge is 0.129 e. The Bertz CT molecular complexity index is 1850. The summed E-state index contributed by atoms with van der Waals surface area (Å²) in [6.45, 7) is 15.3. The molecule has 0 aliphatic carbocycles. The van der Waals surface area contributed by atoms with Crippen LogP contribution < -0.4 is 28.4 Å². The molecule has 0 saturated carbocycles. The Hall–Kier alpha value is -4.72. The van der Waals surface area contributed by atoms with Crippen LogP contribution >= 0.6 is 0 Å². The maximum atomic E-state index is 10.5. The number of unbranched alkanes of at least 4 members (excludes halogenated alkanes) is 2. The van der Waals surface area contributed by atoms with Crippen LogP contribution in [0.5, 0.6) is 46.0 Å². The Morgan fingerprint density at radius 2 is 1.04 bits per heavy atom. The SMILES string of the molecule is CCCCOc1ccc([C@H]2COc3c(ccc4c3CCC(C)(C)O4)C2)c(O)c1.CCCCOc1ccc([C@H]2COc3c(ccc4c3CCC(C)(C)O4)C2)c(O)c1. The summed E-state index contributed by atoms with van der Waals surface area (Å²) in [6.07, 6.45) is 9.86. The van der Waals surface area contributed by atoms with E-state index >= 15 is 0 Å². The van der Waals surface area contributed by atoms with Crippen LogP contribution in [0.25, 0.3) is 0 Å². The van der Waals surface area contributed by atoms with E-state index in [1.54, 1.807) is 12.1 Å². The van der Waals surface area contributed by atoms with Crippen molar-refractivity contribution in [3.8, 4) is 46.0 Å². The van der Waals surface area contributed by atoms with E-state index in [0.29, 0.717) is 26.4 Å². The van der Waals surface area contributed by atoms with E-state index in [2.05, 4.69) is 65.8 Å². The third kappa shape index (κ3) is 8.95. The summed E-state index contributed by atoms with van der Waals surface area (Å²) < 4.78 is 36.1. The van der Waals surface area contributed by atoms with E-state index in [1.165, 1.54) is 22.3 Å². The van der Waals surface area contributed by atoms with Crippen molar-refractivity contribution in [1.82, 2.24) is 0 Å². The molecular weight excluding hydrogens is 705 g/mol. The molecule has 0 spiro atoms. The van der Waals surface area contributed by atoms with Gasteiger partial charge in [0.2, 0.25) is 0 Å². The van der Waals surface area contributed by atoms with E-state index in [-0.39, 0.29) is 34.5 Å². The number of benzene rings is 4. The summed E-state index contributed by atoms with van der Waals surface area (Å²) in [4.78, 5) is 0. The molecule has 4 aromatic carbocycles. The molecule has 4 heterocycles. The van der Waals surface area contributed by atoms with Gasteiger partial charge in [-0.2, -0.15) is 0 Å². The quantitative estimate of drug-likeness (QED) is 0.154. The van der Waals surface area contributed by atoms with E-state index in [0.717, 1.165) is 110 Å². The molecule has 4 aromatic rings. The van der Waals surface area contributed by atoms with Crippen LogP contribution in [-0.4, -0.2) is 47.8 Å². The number of phenols is 2. The molecule has 8 rings (SSSR count). The zero-order valence-corrected chi connectivity index (χ0v) is 34.2. The van der Waals surface area contributed by atoms with Gasteiger partial charge in [-0.1, -0.05) is 51.0 Å². The summed E-state index contributed by atoms with van der Waals surface area (Å²) >= 11 is 0. The Morgan fingerprint density at radius 1 is 0.607 bits per heavy atom. The van der Waals surface area contributed by atoms with Crippen molar-refractivity contribution in [2.45, 2.75) is 129 Å². The molecule has 0 saturated heterocycles. The molecule has 56 heavy (non-hydrogen) atoms. The number of rotatable bonds is 10. The highest BCUT2D eigenvalue weighted by atomic mass is 16.5. The maximum absolute atomic E-state index is 10.5. The molecule has 8 heteroatoms. The van der Waals surface area contributed by atoms with Gasteiger partial charge in [0.25, 0.3) is 0 Å². The minimum absolute atomic E-state index is 0.120. The molecule has 300 valence electrons. The highest BCUT2D eigenvalue weighted by molar-refractivity contribution is 5.55. The van der Waals surface area contributed by atoms with Gasteiger partial charge < -0.3 is 38.6 Å². The van der Waals surface area contributed by atoms with E-state index < -0.39 is 0 Å². The second kappa shape index (κ2) is 16.8. The Labute approximate surface area is 333 Å². The second-order valence-electron chi connectivity index (χ2n) is 17.1. The van der Waals surface area contributed by atoms with Gasteiger partial charge >= 0.3 is 0 Å². The minimum Gasteiger partial charge on any atom is -0.508 e. The number of fused-ring (bicyclic) bond motifs is 6. The van der Waals surface area contributed by atoms with Gasteiger partial charge in [-0.3, -0.25) is 0 Å². The summed E-state index contributed by atoms with van der Waals surface area (Å²) in [5.74, 6) is 6.16. The molecule has 0 unspecified atom stereocenters. The largest absolute Gasteiger partial charge is 0.508 e. The summed E-state index contributed by atoms with van der Waals surface area (Å²) in [7, 11) is 0. The third-order valence-electron chi connectivity index (χ3n) is 11.5. The standard InChI is InChI=1S/2C24H30O4/c2*1-4-5-12-26-18-7-8-19(21(25)14-18)17-13-16-6-9-22-20(23(16)27-15-17)10-11-24(2,3)28-22/h2*6-9,14,17,25H,4-5,10-13,15H2,1-3H3/t2*17-/m11/s1. The molecule has 0 bridgehead atoms. The zero-order chi connectivity index (χ0) is 39.5. The molecule has 0 aromatic heterocycles. The monoisotopic (exact) mass is 764 g/mol. The Morgan fingerprint density at radius 3 is 1.43 bits per heavy atom. The lowest BCUT2D eigenvalue weighted by Crippen LogP contribution is -2.33. The number of hydrogen-bond acceptors (Lipinski definition) is 8. The fourth-order valence-electron chi connectivity index (χ4n) is 8.21. The molecule has 4 aliphatic heterocycles. The van der Waals surface area contributed by atoms with Gasteiger partial charge in [0.15, 0.2) is 0 Å². The molecule has 4 aliphatic rings. The first kappa shape index (κ1) is 39.5. The van der Waals surface area contributed by atoms with E-state index in [1.807, 2.05) is 24.3 Å². The van der Waals surface area contributed by atoms with Crippen molar-refractivity contribution >= 4 is 0 Å². The first-order chi connectivity index (χ1) is 26.9. The van der Waals surface area contributed by atoms with E-state index in [9.17, 15) is 10.2 Å². The number of hydrogen-bond donors (Lipinski definition) is 2. The van der Waals surface area contributed by atoms with Crippen molar-refractivity contribution in [1.29, 1.82) is 0 Å². The zero-order valence-electron chi connectivity index (χ0n) is 34.2. The first-order valence-corrected chi connectivity index (χ1v) is 20.8. The third-order valence-corrected chi connectivity index (χ3v) is 11.5. The van der Waals surface area contributed by atoms with Crippen LogP contribution in [0, 0.1) is 0 Å². The van der Waals surface area contributed by atoms with Gasteiger partial charge in [0.1, 0.15) is 57.2 Å².